The highest BCUT2D eigenvalue weighted by Crippen LogP contribution is 2.23. The molecule has 24 heavy (non-hydrogen) atoms. The molecule has 0 atom stereocenters. The van der Waals surface area contributed by atoms with Crippen molar-refractivity contribution in [1.82, 2.24) is 19.9 Å². The summed E-state index contributed by atoms with van der Waals surface area (Å²) in [5.74, 6) is 0.675. The number of hydrogen-bond donors (Lipinski definition) is 1. The van der Waals surface area contributed by atoms with Gasteiger partial charge < -0.3 is 4.98 Å². The molecule has 0 bridgehead atoms. The van der Waals surface area contributed by atoms with Crippen LogP contribution < -0.4 is 5.56 Å². The number of hydrogen-bond acceptors (Lipinski definition) is 4. The number of halogens is 1. The van der Waals surface area contributed by atoms with E-state index in [0.717, 1.165) is 40.7 Å². The maximum absolute atomic E-state index is 12.2. The monoisotopic (exact) mass is 340 g/mol. The summed E-state index contributed by atoms with van der Waals surface area (Å²) in [4.78, 5) is 26.1. The van der Waals surface area contributed by atoms with Crippen LogP contribution in [0.4, 0.5) is 0 Å². The first-order chi connectivity index (χ1) is 11.6. The summed E-state index contributed by atoms with van der Waals surface area (Å²) < 4.78 is 0. The van der Waals surface area contributed by atoms with E-state index < -0.39 is 0 Å². The molecular formula is C18H17ClN4O. The number of aromatic nitrogens is 3. The van der Waals surface area contributed by atoms with Crippen LogP contribution in [0.2, 0.25) is 5.15 Å². The van der Waals surface area contributed by atoms with Crippen LogP contribution >= 0.6 is 11.6 Å². The van der Waals surface area contributed by atoms with Crippen molar-refractivity contribution >= 4 is 22.5 Å². The molecule has 0 amide bonds. The Labute approximate surface area is 144 Å². The van der Waals surface area contributed by atoms with Gasteiger partial charge in [0.15, 0.2) is 0 Å². The van der Waals surface area contributed by atoms with Crippen molar-refractivity contribution in [2.24, 2.45) is 0 Å². The molecule has 4 rings (SSSR count). The van der Waals surface area contributed by atoms with Crippen LogP contribution in [0.25, 0.3) is 10.9 Å². The zero-order valence-electron chi connectivity index (χ0n) is 13.3. The molecule has 3 heterocycles. The quantitative estimate of drug-likeness (QED) is 0.729. The Morgan fingerprint density at radius 2 is 2.12 bits per heavy atom. The molecule has 0 unspecified atom stereocenters. The highest BCUT2D eigenvalue weighted by atomic mass is 35.5. The molecule has 1 aromatic carbocycles. The molecule has 0 saturated carbocycles. The Hall–Kier alpha value is -2.24. The van der Waals surface area contributed by atoms with Crippen LogP contribution in [0.3, 0.4) is 0 Å². The second-order valence-electron chi connectivity index (χ2n) is 6.17. The predicted molar refractivity (Wildman–Crippen MR) is 94.2 cm³/mol. The Kier molecular flexibility index (Phi) is 3.82. The minimum absolute atomic E-state index is 0.0371. The summed E-state index contributed by atoms with van der Waals surface area (Å²) in [6.45, 7) is 3.92. The molecule has 0 fully saturated rings. The van der Waals surface area contributed by atoms with Crippen LogP contribution in [0.5, 0.6) is 0 Å². The molecule has 0 aliphatic carbocycles. The molecular weight excluding hydrogens is 324 g/mol. The molecule has 5 nitrogen and oxygen atoms in total. The normalized spacial score (nSPS) is 14.8. The van der Waals surface area contributed by atoms with Crippen molar-refractivity contribution in [1.29, 1.82) is 0 Å². The van der Waals surface area contributed by atoms with E-state index in [2.05, 4.69) is 25.9 Å². The molecule has 1 aliphatic rings. The molecule has 1 aliphatic heterocycles. The molecule has 3 aromatic rings. The molecule has 1 N–H and O–H groups in total. The lowest BCUT2D eigenvalue weighted by atomic mass is 10.1. The lowest BCUT2D eigenvalue weighted by Crippen LogP contribution is -2.35. The standard InChI is InChI=1S/C18H17ClN4O/c1-11-20-16-6-7-23(10-14(16)18(24)21-11)9-13-8-12-4-2-3-5-15(12)22-17(13)19/h2-5,8H,6-7,9-10H2,1H3,(H,20,21,24). The highest BCUT2D eigenvalue weighted by Gasteiger charge is 2.21. The fourth-order valence-electron chi connectivity index (χ4n) is 3.23. The number of fused-ring (bicyclic) bond motifs is 2. The van der Waals surface area contributed by atoms with Gasteiger partial charge in [-0.15, -0.1) is 0 Å². The molecule has 0 radical (unpaired) electrons. The Bertz CT molecular complexity index is 982. The van der Waals surface area contributed by atoms with Gasteiger partial charge in [0, 0.05) is 37.0 Å². The first kappa shape index (κ1) is 15.3. The second kappa shape index (κ2) is 6.00. The van der Waals surface area contributed by atoms with Gasteiger partial charge in [-0.05, 0) is 19.1 Å². The number of nitrogens with one attached hydrogen (secondary N) is 1. The summed E-state index contributed by atoms with van der Waals surface area (Å²) in [7, 11) is 0. The summed E-state index contributed by atoms with van der Waals surface area (Å²) >= 11 is 6.36. The van der Waals surface area contributed by atoms with E-state index in [9.17, 15) is 4.79 Å². The maximum Gasteiger partial charge on any atom is 0.255 e. The predicted octanol–water partition coefficient (Wildman–Crippen LogP) is 2.84. The summed E-state index contributed by atoms with van der Waals surface area (Å²) in [6.07, 6.45) is 0.777. The van der Waals surface area contributed by atoms with Crippen molar-refractivity contribution in [3.63, 3.8) is 0 Å². The smallest absolute Gasteiger partial charge is 0.255 e. The van der Waals surface area contributed by atoms with E-state index in [1.54, 1.807) is 0 Å². The minimum atomic E-state index is -0.0371. The molecule has 0 saturated heterocycles. The van der Waals surface area contributed by atoms with E-state index >= 15 is 0 Å². The van der Waals surface area contributed by atoms with Crippen LogP contribution in [0.15, 0.2) is 35.1 Å². The third-order valence-electron chi connectivity index (χ3n) is 4.41. The third-order valence-corrected chi connectivity index (χ3v) is 4.74. The number of nitrogens with zero attached hydrogens (tertiary/aromatic N) is 3. The lowest BCUT2D eigenvalue weighted by Gasteiger charge is -2.27. The minimum Gasteiger partial charge on any atom is -0.310 e. The summed E-state index contributed by atoms with van der Waals surface area (Å²) in [5.41, 5.74) is 3.51. The van der Waals surface area contributed by atoms with E-state index in [4.69, 9.17) is 11.6 Å². The largest absolute Gasteiger partial charge is 0.310 e. The fourth-order valence-corrected chi connectivity index (χ4v) is 3.43. The van der Waals surface area contributed by atoms with Crippen molar-refractivity contribution in [2.45, 2.75) is 26.4 Å². The van der Waals surface area contributed by atoms with Gasteiger partial charge in [-0.2, -0.15) is 0 Å². The Balaban J connectivity index is 1.62. The van der Waals surface area contributed by atoms with Crippen molar-refractivity contribution in [3.8, 4) is 0 Å². The number of rotatable bonds is 2. The Morgan fingerprint density at radius 3 is 3.00 bits per heavy atom. The van der Waals surface area contributed by atoms with Gasteiger partial charge >= 0.3 is 0 Å². The van der Waals surface area contributed by atoms with Gasteiger partial charge in [0.2, 0.25) is 0 Å². The van der Waals surface area contributed by atoms with E-state index in [0.29, 0.717) is 24.1 Å². The first-order valence-corrected chi connectivity index (χ1v) is 8.33. The molecule has 0 spiro atoms. The number of benzene rings is 1. The zero-order valence-corrected chi connectivity index (χ0v) is 14.1. The van der Waals surface area contributed by atoms with Crippen LogP contribution in [0, 0.1) is 6.92 Å². The zero-order chi connectivity index (χ0) is 16.7. The van der Waals surface area contributed by atoms with E-state index in [-0.39, 0.29) is 5.56 Å². The average Bonchev–Trinajstić information content (AvgIpc) is 2.56. The lowest BCUT2D eigenvalue weighted by molar-refractivity contribution is 0.241. The number of aryl methyl sites for hydroxylation is 1. The number of para-hydroxylation sites is 1. The van der Waals surface area contributed by atoms with Crippen molar-refractivity contribution in [2.75, 3.05) is 6.54 Å². The van der Waals surface area contributed by atoms with Gasteiger partial charge in [0.05, 0.1) is 16.8 Å². The third kappa shape index (κ3) is 2.81. The number of aromatic amines is 1. The molecule has 122 valence electrons. The second-order valence-corrected chi connectivity index (χ2v) is 6.53. The average molecular weight is 341 g/mol. The van der Waals surface area contributed by atoms with Crippen LogP contribution in [0.1, 0.15) is 22.6 Å². The van der Waals surface area contributed by atoms with Gasteiger partial charge in [-0.1, -0.05) is 29.8 Å². The van der Waals surface area contributed by atoms with Gasteiger partial charge in [0.25, 0.3) is 5.56 Å². The summed E-state index contributed by atoms with van der Waals surface area (Å²) in [6, 6.07) is 10.0. The SMILES string of the molecule is Cc1nc2c(c(=O)[nH]1)CN(Cc1cc3ccccc3nc1Cl)CC2. The van der Waals surface area contributed by atoms with Gasteiger partial charge in [-0.25, -0.2) is 9.97 Å². The fraction of sp³-hybridized carbons (Fsp3) is 0.278. The Morgan fingerprint density at radius 1 is 1.29 bits per heavy atom. The van der Waals surface area contributed by atoms with Crippen LogP contribution in [-0.4, -0.2) is 26.4 Å². The van der Waals surface area contributed by atoms with Gasteiger partial charge in [-0.3, -0.25) is 9.69 Å². The molecule has 6 heteroatoms. The number of H-pyrrole nitrogens is 1. The summed E-state index contributed by atoms with van der Waals surface area (Å²) in [5, 5.41) is 1.60. The topological polar surface area (TPSA) is 61.9 Å². The van der Waals surface area contributed by atoms with E-state index in [1.165, 1.54) is 0 Å². The van der Waals surface area contributed by atoms with Crippen LogP contribution in [-0.2, 0) is 19.5 Å². The molecule has 2 aromatic heterocycles. The van der Waals surface area contributed by atoms with Crippen molar-refractivity contribution in [3.05, 3.63) is 68.5 Å². The van der Waals surface area contributed by atoms with Crippen molar-refractivity contribution < 1.29 is 0 Å². The van der Waals surface area contributed by atoms with Gasteiger partial charge in [0.1, 0.15) is 11.0 Å². The number of pyridine rings is 1. The van der Waals surface area contributed by atoms with E-state index in [1.807, 2.05) is 31.2 Å². The first-order valence-electron chi connectivity index (χ1n) is 7.95. The maximum atomic E-state index is 12.2. The highest BCUT2D eigenvalue weighted by molar-refractivity contribution is 6.30.